The lowest BCUT2D eigenvalue weighted by Gasteiger charge is -2.25. The van der Waals surface area contributed by atoms with E-state index >= 15 is 0 Å². The van der Waals surface area contributed by atoms with Crippen LogP contribution in [0.3, 0.4) is 0 Å². The molecule has 0 fully saturated rings. The molecule has 1 rings (SSSR count). The number of aryl methyl sites for hydroxylation is 1. The van der Waals surface area contributed by atoms with Crippen LogP contribution in [0.25, 0.3) is 0 Å². The second-order valence-corrected chi connectivity index (χ2v) is 5.36. The first-order valence-electron chi connectivity index (χ1n) is 5.75. The van der Waals surface area contributed by atoms with Gasteiger partial charge in [-0.3, -0.25) is 9.78 Å². The minimum absolute atomic E-state index is 0.117. The van der Waals surface area contributed by atoms with E-state index in [0.29, 0.717) is 6.54 Å². The predicted molar refractivity (Wildman–Crippen MR) is 68.3 cm³/mol. The van der Waals surface area contributed by atoms with Gasteiger partial charge in [-0.05, 0) is 29.5 Å². The van der Waals surface area contributed by atoms with E-state index in [4.69, 9.17) is 5.73 Å². The molecular formula is C13H21N3O. The van der Waals surface area contributed by atoms with Crippen LogP contribution in [0, 0.1) is 12.3 Å². The topological polar surface area (TPSA) is 68.0 Å². The van der Waals surface area contributed by atoms with Gasteiger partial charge in [-0.1, -0.05) is 20.8 Å². The molecule has 1 atom stereocenters. The number of carbonyl (C=O) groups excluding carboxylic acids is 1. The minimum Gasteiger partial charge on any atom is -0.351 e. The third-order valence-electron chi connectivity index (χ3n) is 2.81. The predicted octanol–water partition coefficient (Wildman–Crippen LogP) is 1.38. The largest absolute Gasteiger partial charge is 0.351 e. The lowest BCUT2D eigenvalue weighted by atomic mass is 9.87. The van der Waals surface area contributed by atoms with Gasteiger partial charge in [-0.25, -0.2) is 0 Å². The molecule has 94 valence electrons. The number of aromatic nitrogens is 1. The van der Waals surface area contributed by atoms with Crippen LogP contribution in [0.5, 0.6) is 0 Å². The summed E-state index contributed by atoms with van der Waals surface area (Å²) < 4.78 is 0. The zero-order valence-electron chi connectivity index (χ0n) is 10.9. The molecule has 1 amide bonds. The maximum Gasteiger partial charge on any atom is 0.237 e. The first-order valence-corrected chi connectivity index (χ1v) is 5.75. The lowest BCUT2D eigenvalue weighted by molar-refractivity contribution is -0.124. The van der Waals surface area contributed by atoms with E-state index in [2.05, 4.69) is 10.3 Å². The monoisotopic (exact) mass is 235 g/mol. The number of carbonyl (C=O) groups is 1. The Kier molecular flexibility index (Phi) is 4.23. The van der Waals surface area contributed by atoms with E-state index in [-0.39, 0.29) is 11.3 Å². The van der Waals surface area contributed by atoms with E-state index in [9.17, 15) is 4.79 Å². The summed E-state index contributed by atoms with van der Waals surface area (Å²) in [5.41, 5.74) is 7.78. The molecule has 0 saturated heterocycles. The number of hydrogen-bond donors (Lipinski definition) is 2. The summed E-state index contributed by atoms with van der Waals surface area (Å²) >= 11 is 0. The molecule has 1 aromatic rings. The van der Waals surface area contributed by atoms with Crippen molar-refractivity contribution in [3.05, 3.63) is 29.6 Å². The van der Waals surface area contributed by atoms with E-state index < -0.39 is 6.04 Å². The number of nitrogens with one attached hydrogen (secondary N) is 1. The smallest absolute Gasteiger partial charge is 0.237 e. The standard InChI is InChI=1S/C13H21N3O/c1-9-7-15-6-5-10(9)8-16-12(17)11(14)13(2,3)4/h5-7,11H,8,14H2,1-4H3,(H,16,17)/t11-/m1/s1. The molecule has 0 bridgehead atoms. The van der Waals surface area contributed by atoms with Gasteiger partial charge in [0.2, 0.25) is 5.91 Å². The molecule has 0 aromatic carbocycles. The second kappa shape index (κ2) is 5.27. The molecule has 0 saturated carbocycles. The van der Waals surface area contributed by atoms with Crippen LogP contribution in [0.2, 0.25) is 0 Å². The summed E-state index contributed by atoms with van der Waals surface area (Å²) in [6.07, 6.45) is 3.50. The van der Waals surface area contributed by atoms with Crippen LogP contribution in [0.4, 0.5) is 0 Å². The van der Waals surface area contributed by atoms with Crippen molar-refractivity contribution in [2.45, 2.75) is 40.3 Å². The average Bonchev–Trinajstić information content (AvgIpc) is 2.25. The minimum atomic E-state index is -0.496. The fourth-order valence-electron chi connectivity index (χ4n) is 1.39. The summed E-state index contributed by atoms with van der Waals surface area (Å²) in [5.74, 6) is -0.117. The van der Waals surface area contributed by atoms with Gasteiger partial charge in [0.15, 0.2) is 0 Å². The number of amides is 1. The van der Waals surface area contributed by atoms with Crippen LogP contribution in [-0.2, 0) is 11.3 Å². The maximum absolute atomic E-state index is 11.8. The highest BCUT2D eigenvalue weighted by Crippen LogP contribution is 2.17. The van der Waals surface area contributed by atoms with E-state index in [1.807, 2.05) is 33.8 Å². The lowest BCUT2D eigenvalue weighted by Crippen LogP contribution is -2.48. The number of nitrogens with zero attached hydrogens (tertiary/aromatic N) is 1. The third-order valence-corrected chi connectivity index (χ3v) is 2.81. The van der Waals surface area contributed by atoms with Crippen molar-refractivity contribution < 1.29 is 4.79 Å². The van der Waals surface area contributed by atoms with Crippen LogP contribution in [-0.4, -0.2) is 16.9 Å². The number of rotatable bonds is 3. The average molecular weight is 235 g/mol. The first-order chi connectivity index (χ1) is 7.82. The van der Waals surface area contributed by atoms with Crippen molar-refractivity contribution >= 4 is 5.91 Å². The van der Waals surface area contributed by atoms with Gasteiger partial charge in [-0.15, -0.1) is 0 Å². The van der Waals surface area contributed by atoms with E-state index in [1.54, 1.807) is 12.4 Å². The molecule has 0 aliphatic carbocycles. The van der Waals surface area contributed by atoms with Crippen molar-refractivity contribution in [3.8, 4) is 0 Å². The van der Waals surface area contributed by atoms with Gasteiger partial charge in [-0.2, -0.15) is 0 Å². The Morgan fingerprint density at radius 2 is 2.18 bits per heavy atom. The fraction of sp³-hybridized carbons (Fsp3) is 0.538. The zero-order chi connectivity index (χ0) is 13.1. The highest BCUT2D eigenvalue weighted by atomic mass is 16.2. The second-order valence-electron chi connectivity index (χ2n) is 5.36. The molecule has 0 unspecified atom stereocenters. The molecule has 0 spiro atoms. The molecule has 3 N–H and O–H groups in total. The van der Waals surface area contributed by atoms with E-state index in [1.165, 1.54) is 0 Å². The summed E-state index contributed by atoms with van der Waals surface area (Å²) in [5, 5.41) is 2.85. The Morgan fingerprint density at radius 3 is 2.71 bits per heavy atom. The SMILES string of the molecule is Cc1cnccc1CNC(=O)[C@@H](N)C(C)(C)C. The number of pyridine rings is 1. The van der Waals surface area contributed by atoms with Gasteiger partial charge >= 0.3 is 0 Å². The summed E-state index contributed by atoms with van der Waals surface area (Å²) in [7, 11) is 0. The van der Waals surface area contributed by atoms with Gasteiger partial charge in [0.25, 0.3) is 0 Å². The van der Waals surface area contributed by atoms with E-state index in [0.717, 1.165) is 11.1 Å². The van der Waals surface area contributed by atoms with Crippen molar-refractivity contribution in [1.82, 2.24) is 10.3 Å². The molecule has 0 radical (unpaired) electrons. The molecule has 1 heterocycles. The van der Waals surface area contributed by atoms with Gasteiger partial charge in [0, 0.05) is 18.9 Å². The Bertz CT molecular complexity index is 396. The van der Waals surface area contributed by atoms with Crippen LogP contribution >= 0.6 is 0 Å². The van der Waals surface area contributed by atoms with Crippen molar-refractivity contribution in [2.24, 2.45) is 11.1 Å². The maximum atomic E-state index is 11.8. The van der Waals surface area contributed by atoms with Crippen LogP contribution in [0.15, 0.2) is 18.5 Å². The Hall–Kier alpha value is -1.42. The number of nitrogens with two attached hydrogens (primary N) is 1. The van der Waals surface area contributed by atoms with Gasteiger partial charge in [0.1, 0.15) is 0 Å². The summed E-state index contributed by atoms with van der Waals surface area (Å²) in [6, 6.07) is 1.41. The Labute approximate surface area is 103 Å². The van der Waals surface area contributed by atoms with Crippen LogP contribution in [0.1, 0.15) is 31.9 Å². The van der Waals surface area contributed by atoms with Crippen molar-refractivity contribution in [3.63, 3.8) is 0 Å². The highest BCUT2D eigenvalue weighted by Gasteiger charge is 2.27. The van der Waals surface area contributed by atoms with Crippen molar-refractivity contribution in [1.29, 1.82) is 0 Å². The molecule has 4 nitrogen and oxygen atoms in total. The molecule has 0 aliphatic rings. The Morgan fingerprint density at radius 1 is 1.53 bits per heavy atom. The molecule has 4 heteroatoms. The molecule has 0 aliphatic heterocycles. The quantitative estimate of drug-likeness (QED) is 0.831. The normalized spacial score (nSPS) is 13.2. The van der Waals surface area contributed by atoms with Gasteiger partial charge < -0.3 is 11.1 Å². The Balaban J connectivity index is 2.58. The summed E-state index contributed by atoms with van der Waals surface area (Å²) in [6.45, 7) is 8.33. The van der Waals surface area contributed by atoms with Crippen LogP contribution < -0.4 is 11.1 Å². The fourth-order valence-corrected chi connectivity index (χ4v) is 1.39. The zero-order valence-corrected chi connectivity index (χ0v) is 10.9. The molecule has 17 heavy (non-hydrogen) atoms. The third kappa shape index (κ3) is 3.82. The number of hydrogen-bond acceptors (Lipinski definition) is 3. The highest BCUT2D eigenvalue weighted by molar-refractivity contribution is 5.82. The first kappa shape index (κ1) is 13.6. The molecule has 1 aromatic heterocycles. The van der Waals surface area contributed by atoms with Crippen molar-refractivity contribution in [2.75, 3.05) is 0 Å². The van der Waals surface area contributed by atoms with Gasteiger partial charge in [0.05, 0.1) is 6.04 Å². The molecular weight excluding hydrogens is 214 g/mol. The summed E-state index contributed by atoms with van der Waals surface area (Å²) in [4.78, 5) is 15.8.